The summed E-state index contributed by atoms with van der Waals surface area (Å²) in [4.78, 5) is 14.2. The SMILES string of the molecule is CC(CC1COCCN1C(=O)OC(C)(C)C)NCCOC1CCCC1. The van der Waals surface area contributed by atoms with Crippen LogP contribution >= 0.6 is 0 Å². The minimum atomic E-state index is -0.471. The van der Waals surface area contributed by atoms with E-state index >= 15 is 0 Å². The minimum Gasteiger partial charge on any atom is -0.444 e. The van der Waals surface area contributed by atoms with E-state index in [0.717, 1.165) is 19.6 Å². The second-order valence-corrected chi connectivity index (χ2v) is 8.27. The highest BCUT2D eigenvalue weighted by Crippen LogP contribution is 2.20. The van der Waals surface area contributed by atoms with Crippen LogP contribution in [-0.4, -0.2) is 67.7 Å². The zero-order chi connectivity index (χ0) is 18.3. The number of amides is 1. The van der Waals surface area contributed by atoms with Crippen molar-refractivity contribution in [3.05, 3.63) is 0 Å². The Balaban J connectivity index is 1.70. The number of hydrogen-bond donors (Lipinski definition) is 1. The van der Waals surface area contributed by atoms with Gasteiger partial charge < -0.3 is 24.4 Å². The van der Waals surface area contributed by atoms with Gasteiger partial charge in [0, 0.05) is 19.1 Å². The fourth-order valence-electron chi connectivity index (χ4n) is 3.49. The average Bonchev–Trinajstić information content (AvgIpc) is 3.04. The number of rotatable bonds is 7. The monoisotopic (exact) mass is 356 g/mol. The molecular formula is C19H36N2O4. The van der Waals surface area contributed by atoms with Gasteiger partial charge in [0.05, 0.1) is 32.0 Å². The van der Waals surface area contributed by atoms with E-state index in [-0.39, 0.29) is 12.1 Å². The lowest BCUT2D eigenvalue weighted by Crippen LogP contribution is -2.52. The molecule has 25 heavy (non-hydrogen) atoms. The molecule has 2 unspecified atom stereocenters. The molecule has 1 heterocycles. The quantitative estimate of drug-likeness (QED) is 0.711. The van der Waals surface area contributed by atoms with Gasteiger partial charge >= 0.3 is 6.09 Å². The van der Waals surface area contributed by atoms with Crippen molar-refractivity contribution < 1.29 is 19.0 Å². The maximum Gasteiger partial charge on any atom is 0.410 e. The van der Waals surface area contributed by atoms with Crippen LogP contribution in [0.1, 0.15) is 59.8 Å². The van der Waals surface area contributed by atoms with Crippen LogP contribution in [0.25, 0.3) is 0 Å². The standard InChI is InChI=1S/C19H36N2O4/c1-15(20-9-11-24-17-7-5-6-8-17)13-16-14-23-12-10-21(16)18(22)25-19(2,3)4/h15-17,20H,5-14H2,1-4H3. The molecule has 2 atom stereocenters. The van der Waals surface area contributed by atoms with Crippen molar-refractivity contribution >= 4 is 6.09 Å². The Hall–Kier alpha value is -0.850. The van der Waals surface area contributed by atoms with Gasteiger partial charge in [-0.25, -0.2) is 4.79 Å². The van der Waals surface area contributed by atoms with Crippen molar-refractivity contribution in [1.82, 2.24) is 10.2 Å². The Bertz CT molecular complexity index is 405. The van der Waals surface area contributed by atoms with Crippen molar-refractivity contribution in [2.24, 2.45) is 0 Å². The molecule has 0 spiro atoms. The Morgan fingerprint density at radius 2 is 2.04 bits per heavy atom. The highest BCUT2D eigenvalue weighted by Gasteiger charge is 2.31. The molecule has 0 bridgehead atoms. The van der Waals surface area contributed by atoms with Gasteiger partial charge in [0.2, 0.25) is 0 Å². The van der Waals surface area contributed by atoms with E-state index in [4.69, 9.17) is 14.2 Å². The average molecular weight is 357 g/mol. The molecule has 2 rings (SSSR count). The number of carbonyl (C=O) groups is 1. The molecule has 0 radical (unpaired) electrons. The molecule has 0 aromatic rings. The van der Waals surface area contributed by atoms with Crippen LogP contribution in [0.15, 0.2) is 0 Å². The molecule has 0 aromatic carbocycles. The molecule has 1 aliphatic carbocycles. The van der Waals surface area contributed by atoms with Gasteiger partial charge in [0.25, 0.3) is 0 Å². The smallest absolute Gasteiger partial charge is 0.410 e. The Morgan fingerprint density at radius 3 is 2.72 bits per heavy atom. The number of morpholine rings is 1. The zero-order valence-electron chi connectivity index (χ0n) is 16.4. The van der Waals surface area contributed by atoms with Gasteiger partial charge in [-0.15, -0.1) is 0 Å². The Kier molecular flexibility index (Phi) is 7.97. The number of ether oxygens (including phenoxy) is 3. The molecule has 1 saturated carbocycles. The lowest BCUT2D eigenvalue weighted by Gasteiger charge is -2.37. The number of nitrogens with zero attached hydrogens (tertiary/aromatic N) is 1. The fraction of sp³-hybridized carbons (Fsp3) is 0.947. The van der Waals surface area contributed by atoms with Crippen LogP contribution in [0.3, 0.4) is 0 Å². The summed E-state index contributed by atoms with van der Waals surface area (Å²) >= 11 is 0. The van der Waals surface area contributed by atoms with Crippen LogP contribution in [0.4, 0.5) is 4.79 Å². The first kappa shape index (κ1) is 20.5. The summed E-state index contributed by atoms with van der Waals surface area (Å²) in [7, 11) is 0. The summed E-state index contributed by atoms with van der Waals surface area (Å²) in [5, 5.41) is 3.50. The van der Waals surface area contributed by atoms with E-state index in [1.165, 1.54) is 25.7 Å². The largest absolute Gasteiger partial charge is 0.444 e. The predicted octanol–water partition coefficient (Wildman–Crippen LogP) is 2.95. The van der Waals surface area contributed by atoms with Crippen LogP contribution < -0.4 is 5.32 Å². The van der Waals surface area contributed by atoms with Gasteiger partial charge in [-0.3, -0.25) is 0 Å². The van der Waals surface area contributed by atoms with Crippen molar-refractivity contribution in [3.63, 3.8) is 0 Å². The Labute approximate surface area is 152 Å². The van der Waals surface area contributed by atoms with Crippen LogP contribution in [-0.2, 0) is 14.2 Å². The van der Waals surface area contributed by atoms with Crippen molar-refractivity contribution in [1.29, 1.82) is 0 Å². The molecule has 1 aliphatic heterocycles. The molecule has 0 aromatic heterocycles. The predicted molar refractivity (Wildman–Crippen MR) is 97.8 cm³/mol. The van der Waals surface area contributed by atoms with Crippen molar-refractivity contribution in [2.75, 3.05) is 32.9 Å². The molecule has 146 valence electrons. The normalized spacial score (nSPS) is 23.7. The van der Waals surface area contributed by atoms with Gasteiger partial charge in [-0.1, -0.05) is 12.8 Å². The third-order valence-corrected chi connectivity index (χ3v) is 4.73. The van der Waals surface area contributed by atoms with E-state index in [0.29, 0.717) is 31.9 Å². The molecule has 1 N–H and O–H groups in total. The van der Waals surface area contributed by atoms with Crippen LogP contribution in [0, 0.1) is 0 Å². The first-order valence-electron chi connectivity index (χ1n) is 9.77. The summed E-state index contributed by atoms with van der Waals surface area (Å²) in [5.74, 6) is 0. The van der Waals surface area contributed by atoms with Gasteiger partial charge in [0.1, 0.15) is 5.60 Å². The summed E-state index contributed by atoms with van der Waals surface area (Å²) in [6.07, 6.45) is 6.10. The van der Waals surface area contributed by atoms with E-state index < -0.39 is 5.60 Å². The topological polar surface area (TPSA) is 60.0 Å². The van der Waals surface area contributed by atoms with E-state index in [2.05, 4.69) is 12.2 Å². The molecule has 1 amide bonds. The van der Waals surface area contributed by atoms with Gasteiger partial charge in [0.15, 0.2) is 0 Å². The van der Waals surface area contributed by atoms with Crippen LogP contribution in [0.2, 0.25) is 0 Å². The third-order valence-electron chi connectivity index (χ3n) is 4.73. The third kappa shape index (κ3) is 7.50. The van der Waals surface area contributed by atoms with E-state index in [1.807, 2.05) is 25.7 Å². The number of nitrogens with one attached hydrogen (secondary N) is 1. The lowest BCUT2D eigenvalue weighted by molar-refractivity contribution is -0.0357. The highest BCUT2D eigenvalue weighted by molar-refractivity contribution is 5.68. The molecule has 6 nitrogen and oxygen atoms in total. The molecule has 6 heteroatoms. The maximum atomic E-state index is 12.4. The second kappa shape index (κ2) is 9.74. The number of hydrogen-bond acceptors (Lipinski definition) is 5. The van der Waals surface area contributed by atoms with E-state index in [9.17, 15) is 4.79 Å². The van der Waals surface area contributed by atoms with Gasteiger partial charge in [-0.05, 0) is 47.0 Å². The number of carbonyl (C=O) groups excluding carboxylic acids is 1. The van der Waals surface area contributed by atoms with Gasteiger partial charge in [-0.2, -0.15) is 0 Å². The molecule has 1 saturated heterocycles. The maximum absolute atomic E-state index is 12.4. The first-order chi connectivity index (χ1) is 11.8. The second-order valence-electron chi connectivity index (χ2n) is 8.27. The molecule has 2 aliphatic rings. The summed E-state index contributed by atoms with van der Waals surface area (Å²) in [5.41, 5.74) is -0.471. The van der Waals surface area contributed by atoms with Crippen LogP contribution in [0.5, 0.6) is 0 Å². The fourth-order valence-corrected chi connectivity index (χ4v) is 3.49. The highest BCUT2D eigenvalue weighted by atomic mass is 16.6. The first-order valence-corrected chi connectivity index (χ1v) is 9.77. The summed E-state index contributed by atoms with van der Waals surface area (Å²) < 4.78 is 17.0. The lowest BCUT2D eigenvalue weighted by atomic mass is 10.1. The summed E-state index contributed by atoms with van der Waals surface area (Å²) in [6, 6.07) is 0.352. The van der Waals surface area contributed by atoms with Crippen molar-refractivity contribution in [3.8, 4) is 0 Å². The minimum absolute atomic E-state index is 0.0573. The Morgan fingerprint density at radius 1 is 1.32 bits per heavy atom. The molecular weight excluding hydrogens is 320 g/mol. The van der Waals surface area contributed by atoms with Crippen molar-refractivity contribution in [2.45, 2.75) is 83.6 Å². The molecule has 2 fully saturated rings. The van der Waals surface area contributed by atoms with E-state index in [1.54, 1.807) is 0 Å². The summed E-state index contributed by atoms with van der Waals surface area (Å²) in [6.45, 7) is 11.2. The zero-order valence-corrected chi connectivity index (χ0v) is 16.4.